The molecule has 1 aliphatic carbocycles. The molecule has 20 heavy (non-hydrogen) atoms. The number of anilines is 2. The Bertz CT molecular complexity index is 487. The van der Waals surface area contributed by atoms with E-state index in [0.29, 0.717) is 29.1 Å². The van der Waals surface area contributed by atoms with Gasteiger partial charge in [-0.15, -0.1) is 0 Å². The molecule has 0 aromatic heterocycles. The van der Waals surface area contributed by atoms with E-state index in [0.717, 1.165) is 12.1 Å². The molecule has 0 saturated heterocycles. The first-order valence-corrected chi connectivity index (χ1v) is 7.27. The standard InChI is InChI=1S/C16H24N2O2/c1-10-5-4-6-14(11(10)2)18-15-8-7-12(17)9-13(15)16(19)20-3/h7-11,14,18H,4-6,17H2,1-3H3. The van der Waals surface area contributed by atoms with Crippen molar-refractivity contribution in [3.05, 3.63) is 23.8 Å². The molecule has 0 aliphatic heterocycles. The van der Waals surface area contributed by atoms with Crippen molar-refractivity contribution in [1.82, 2.24) is 0 Å². The SMILES string of the molecule is COC(=O)c1cc(N)ccc1NC1CCCC(C)C1C. The van der Waals surface area contributed by atoms with Crippen molar-refractivity contribution < 1.29 is 9.53 Å². The summed E-state index contributed by atoms with van der Waals surface area (Å²) in [5.74, 6) is 0.944. The number of nitrogen functional groups attached to an aromatic ring is 1. The molecule has 0 bridgehead atoms. The van der Waals surface area contributed by atoms with Crippen LogP contribution in [0.15, 0.2) is 18.2 Å². The average Bonchev–Trinajstić information content (AvgIpc) is 2.44. The van der Waals surface area contributed by atoms with Crippen LogP contribution in [-0.2, 0) is 4.74 Å². The minimum absolute atomic E-state index is 0.351. The second-order valence-corrected chi connectivity index (χ2v) is 5.81. The van der Waals surface area contributed by atoms with Crippen LogP contribution in [0.2, 0.25) is 0 Å². The van der Waals surface area contributed by atoms with Crippen LogP contribution in [0.4, 0.5) is 11.4 Å². The van der Waals surface area contributed by atoms with Crippen LogP contribution >= 0.6 is 0 Å². The summed E-state index contributed by atoms with van der Waals surface area (Å²) in [6.45, 7) is 4.57. The van der Waals surface area contributed by atoms with Gasteiger partial charge in [0, 0.05) is 17.4 Å². The highest BCUT2D eigenvalue weighted by molar-refractivity contribution is 5.96. The fraction of sp³-hybridized carbons (Fsp3) is 0.562. The molecular formula is C16H24N2O2. The van der Waals surface area contributed by atoms with E-state index in [1.807, 2.05) is 12.1 Å². The van der Waals surface area contributed by atoms with E-state index in [1.165, 1.54) is 20.0 Å². The maximum atomic E-state index is 11.9. The molecule has 1 aromatic carbocycles. The van der Waals surface area contributed by atoms with Crippen LogP contribution in [0.1, 0.15) is 43.5 Å². The molecule has 1 aliphatic rings. The first kappa shape index (κ1) is 14.7. The van der Waals surface area contributed by atoms with Gasteiger partial charge >= 0.3 is 5.97 Å². The topological polar surface area (TPSA) is 64.3 Å². The third kappa shape index (κ3) is 3.06. The largest absolute Gasteiger partial charge is 0.465 e. The minimum atomic E-state index is -0.351. The van der Waals surface area contributed by atoms with E-state index in [4.69, 9.17) is 10.5 Å². The fourth-order valence-corrected chi connectivity index (χ4v) is 2.95. The molecule has 1 fully saturated rings. The Hall–Kier alpha value is -1.71. The number of rotatable bonds is 3. The maximum absolute atomic E-state index is 11.9. The van der Waals surface area contributed by atoms with Gasteiger partial charge in [-0.2, -0.15) is 0 Å². The van der Waals surface area contributed by atoms with Gasteiger partial charge in [-0.25, -0.2) is 4.79 Å². The summed E-state index contributed by atoms with van der Waals surface area (Å²) in [4.78, 5) is 11.9. The summed E-state index contributed by atoms with van der Waals surface area (Å²) in [5.41, 5.74) is 7.67. The van der Waals surface area contributed by atoms with Crippen LogP contribution in [0.3, 0.4) is 0 Å². The van der Waals surface area contributed by atoms with Gasteiger partial charge in [0.05, 0.1) is 12.7 Å². The van der Waals surface area contributed by atoms with Crippen molar-refractivity contribution in [2.45, 2.75) is 39.2 Å². The second-order valence-electron chi connectivity index (χ2n) is 5.81. The van der Waals surface area contributed by atoms with Crippen LogP contribution in [0.5, 0.6) is 0 Å². The molecule has 110 valence electrons. The van der Waals surface area contributed by atoms with E-state index in [9.17, 15) is 4.79 Å². The summed E-state index contributed by atoms with van der Waals surface area (Å²) in [5, 5.41) is 3.52. The van der Waals surface area contributed by atoms with Crippen molar-refractivity contribution >= 4 is 17.3 Å². The lowest BCUT2D eigenvalue weighted by Crippen LogP contribution is -2.35. The molecule has 2 rings (SSSR count). The lowest BCUT2D eigenvalue weighted by molar-refractivity contribution is 0.0601. The third-order valence-electron chi connectivity index (χ3n) is 4.50. The Labute approximate surface area is 120 Å². The molecule has 3 atom stereocenters. The zero-order valence-corrected chi connectivity index (χ0v) is 12.5. The number of hydrogen-bond donors (Lipinski definition) is 2. The molecule has 0 spiro atoms. The summed E-state index contributed by atoms with van der Waals surface area (Å²) in [7, 11) is 1.39. The monoisotopic (exact) mass is 276 g/mol. The number of nitrogens with two attached hydrogens (primary N) is 1. The van der Waals surface area contributed by atoms with Crippen molar-refractivity contribution in [1.29, 1.82) is 0 Å². The Morgan fingerprint density at radius 3 is 2.80 bits per heavy atom. The van der Waals surface area contributed by atoms with Crippen LogP contribution in [0, 0.1) is 11.8 Å². The van der Waals surface area contributed by atoms with Crippen molar-refractivity contribution in [2.75, 3.05) is 18.2 Å². The van der Waals surface area contributed by atoms with Gasteiger partial charge in [-0.3, -0.25) is 0 Å². The summed E-state index contributed by atoms with van der Waals surface area (Å²) in [6, 6.07) is 5.75. The molecule has 3 N–H and O–H groups in total. The van der Waals surface area contributed by atoms with Crippen molar-refractivity contribution in [2.24, 2.45) is 11.8 Å². The maximum Gasteiger partial charge on any atom is 0.340 e. The van der Waals surface area contributed by atoms with Gasteiger partial charge in [0.1, 0.15) is 0 Å². The van der Waals surface area contributed by atoms with E-state index in [1.54, 1.807) is 6.07 Å². The lowest BCUT2D eigenvalue weighted by atomic mass is 9.78. The molecule has 0 radical (unpaired) electrons. The van der Waals surface area contributed by atoms with Gasteiger partial charge in [0.25, 0.3) is 0 Å². The Balaban J connectivity index is 2.22. The highest BCUT2D eigenvalue weighted by Crippen LogP contribution is 2.32. The summed E-state index contributed by atoms with van der Waals surface area (Å²) >= 11 is 0. The number of methoxy groups -OCH3 is 1. The van der Waals surface area contributed by atoms with Gasteiger partial charge in [-0.1, -0.05) is 26.7 Å². The Kier molecular flexibility index (Phi) is 4.53. The highest BCUT2D eigenvalue weighted by atomic mass is 16.5. The third-order valence-corrected chi connectivity index (χ3v) is 4.50. The number of ether oxygens (including phenoxy) is 1. The molecule has 4 heteroatoms. The Morgan fingerprint density at radius 1 is 1.35 bits per heavy atom. The van der Waals surface area contributed by atoms with Gasteiger partial charge in [0.2, 0.25) is 0 Å². The van der Waals surface area contributed by atoms with E-state index >= 15 is 0 Å². The predicted octanol–water partition coefficient (Wildman–Crippen LogP) is 3.29. The van der Waals surface area contributed by atoms with Gasteiger partial charge in [0.15, 0.2) is 0 Å². The van der Waals surface area contributed by atoms with Gasteiger partial charge < -0.3 is 15.8 Å². The van der Waals surface area contributed by atoms with Crippen LogP contribution < -0.4 is 11.1 Å². The number of esters is 1. The molecule has 1 aromatic rings. The number of benzene rings is 1. The normalized spacial score (nSPS) is 26.1. The van der Waals surface area contributed by atoms with Crippen molar-refractivity contribution in [3.63, 3.8) is 0 Å². The highest BCUT2D eigenvalue weighted by Gasteiger charge is 2.27. The second kappa shape index (κ2) is 6.16. The van der Waals surface area contributed by atoms with E-state index in [-0.39, 0.29) is 5.97 Å². The summed E-state index contributed by atoms with van der Waals surface area (Å²) < 4.78 is 4.83. The molecule has 0 heterocycles. The minimum Gasteiger partial charge on any atom is -0.465 e. The quantitative estimate of drug-likeness (QED) is 0.657. The molecule has 0 amide bonds. The number of hydrogen-bond acceptors (Lipinski definition) is 4. The van der Waals surface area contributed by atoms with Gasteiger partial charge in [-0.05, 0) is 36.5 Å². The molecular weight excluding hydrogens is 252 g/mol. The predicted molar refractivity (Wildman–Crippen MR) is 81.8 cm³/mol. The first-order chi connectivity index (χ1) is 9.52. The molecule has 3 unspecified atom stereocenters. The average molecular weight is 276 g/mol. The smallest absolute Gasteiger partial charge is 0.340 e. The Morgan fingerprint density at radius 2 is 2.10 bits per heavy atom. The van der Waals surface area contributed by atoms with Crippen LogP contribution in [0.25, 0.3) is 0 Å². The first-order valence-electron chi connectivity index (χ1n) is 7.27. The summed E-state index contributed by atoms with van der Waals surface area (Å²) in [6.07, 6.45) is 3.65. The van der Waals surface area contributed by atoms with Crippen molar-refractivity contribution in [3.8, 4) is 0 Å². The fourth-order valence-electron chi connectivity index (χ4n) is 2.95. The zero-order valence-electron chi connectivity index (χ0n) is 12.5. The number of carbonyl (C=O) groups is 1. The van der Waals surface area contributed by atoms with Crippen LogP contribution in [-0.4, -0.2) is 19.1 Å². The number of carbonyl (C=O) groups excluding carboxylic acids is 1. The molecule has 1 saturated carbocycles. The number of nitrogens with one attached hydrogen (secondary N) is 1. The lowest BCUT2D eigenvalue weighted by Gasteiger charge is -2.35. The van der Waals surface area contributed by atoms with E-state index < -0.39 is 0 Å². The zero-order chi connectivity index (χ0) is 14.7. The molecule has 4 nitrogen and oxygen atoms in total. The van der Waals surface area contributed by atoms with E-state index in [2.05, 4.69) is 19.2 Å².